The Morgan fingerprint density at radius 1 is 1.16 bits per heavy atom. The van der Waals surface area contributed by atoms with Crippen LogP contribution in [0, 0.1) is 0 Å². The van der Waals surface area contributed by atoms with Crippen molar-refractivity contribution >= 4 is 16.9 Å². The van der Waals surface area contributed by atoms with E-state index in [1.54, 1.807) is 6.26 Å². The molecule has 1 amide bonds. The second-order valence-corrected chi connectivity index (χ2v) is 6.73. The molecule has 1 heterocycles. The average molecular weight is 334 g/mol. The molecule has 4 heteroatoms. The summed E-state index contributed by atoms with van der Waals surface area (Å²) in [5.41, 5.74) is 11.7. The molecular weight excluding hydrogens is 312 g/mol. The summed E-state index contributed by atoms with van der Waals surface area (Å²) in [7, 11) is 0. The molecule has 4 nitrogen and oxygen atoms in total. The van der Waals surface area contributed by atoms with Crippen molar-refractivity contribution in [3.8, 4) is 0 Å². The van der Waals surface area contributed by atoms with E-state index in [0.29, 0.717) is 13.0 Å². The summed E-state index contributed by atoms with van der Waals surface area (Å²) in [6, 6.07) is 13.9. The lowest BCUT2D eigenvalue weighted by Crippen LogP contribution is -2.32. The molecular formula is C21H22N2O2. The molecule has 1 aromatic heterocycles. The second-order valence-electron chi connectivity index (χ2n) is 6.73. The van der Waals surface area contributed by atoms with Crippen LogP contribution in [0.25, 0.3) is 11.0 Å². The van der Waals surface area contributed by atoms with Crippen LogP contribution < -0.4 is 11.1 Å². The van der Waals surface area contributed by atoms with Gasteiger partial charge in [0.05, 0.1) is 12.7 Å². The number of benzene rings is 2. The van der Waals surface area contributed by atoms with Gasteiger partial charge < -0.3 is 15.5 Å². The van der Waals surface area contributed by atoms with Gasteiger partial charge in [0, 0.05) is 23.5 Å². The molecule has 3 aromatic rings. The zero-order valence-corrected chi connectivity index (χ0v) is 14.1. The molecule has 0 saturated heterocycles. The van der Waals surface area contributed by atoms with Crippen LogP contribution in [0.4, 0.5) is 0 Å². The van der Waals surface area contributed by atoms with Crippen molar-refractivity contribution in [3.63, 3.8) is 0 Å². The lowest BCUT2D eigenvalue weighted by atomic mass is 10.0. The second kappa shape index (κ2) is 6.73. The van der Waals surface area contributed by atoms with E-state index in [1.807, 2.05) is 30.3 Å². The summed E-state index contributed by atoms with van der Waals surface area (Å²) in [5.74, 6) is -0.0328. The third kappa shape index (κ3) is 3.30. The van der Waals surface area contributed by atoms with E-state index in [0.717, 1.165) is 34.9 Å². The molecule has 1 aliphatic carbocycles. The van der Waals surface area contributed by atoms with E-state index in [2.05, 4.69) is 17.4 Å². The van der Waals surface area contributed by atoms with Gasteiger partial charge >= 0.3 is 0 Å². The van der Waals surface area contributed by atoms with Gasteiger partial charge in [-0.15, -0.1) is 0 Å². The predicted octanol–water partition coefficient (Wildman–Crippen LogP) is 3.28. The topological polar surface area (TPSA) is 68.3 Å². The van der Waals surface area contributed by atoms with Gasteiger partial charge in [-0.25, -0.2) is 0 Å². The Hall–Kier alpha value is -2.59. The number of amides is 1. The minimum absolute atomic E-state index is 0.0328. The van der Waals surface area contributed by atoms with Crippen molar-refractivity contribution in [2.24, 2.45) is 5.73 Å². The van der Waals surface area contributed by atoms with Gasteiger partial charge in [-0.2, -0.15) is 0 Å². The zero-order valence-electron chi connectivity index (χ0n) is 14.1. The molecule has 1 aliphatic rings. The fourth-order valence-electron chi connectivity index (χ4n) is 3.56. The first-order valence-electron chi connectivity index (χ1n) is 8.80. The predicted molar refractivity (Wildman–Crippen MR) is 98.3 cm³/mol. The molecule has 1 atom stereocenters. The average Bonchev–Trinajstić information content (AvgIpc) is 3.25. The van der Waals surface area contributed by atoms with E-state index < -0.39 is 0 Å². The van der Waals surface area contributed by atoms with Crippen LogP contribution in [0.2, 0.25) is 0 Å². The summed E-state index contributed by atoms with van der Waals surface area (Å²) in [6.07, 6.45) is 5.46. The third-order valence-electron chi connectivity index (χ3n) is 4.97. The van der Waals surface area contributed by atoms with Crippen molar-refractivity contribution in [2.45, 2.75) is 31.7 Å². The molecule has 0 aliphatic heterocycles. The van der Waals surface area contributed by atoms with Crippen LogP contribution >= 0.6 is 0 Å². The maximum Gasteiger partial charge on any atom is 0.224 e. The fourth-order valence-corrected chi connectivity index (χ4v) is 3.56. The number of fused-ring (bicyclic) bond motifs is 2. The first-order chi connectivity index (χ1) is 12.2. The minimum Gasteiger partial charge on any atom is -0.464 e. The zero-order chi connectivity index (χ0) is 17.2. The standard InChI is InChI=1S/C21H22N2O2/c22-19(14-5-2-1-3-6-14)12-23-21(24)11-17-13-25-20-10-16-8-4-7-15(16)9-18(17)20/h1-3,5-6,9-10,13,19H,4,7-8,11-12,22H2,(H,23,24). The SMILES string of the molecule is NC(CNC(=O)Cc1coc2cc3c(cc12)CCC3)c1ccccc1. The van der Waals surface area contributed by atoms with Crippen molar-refractivity contribution < 1.29 is 9.21 Å². The number of carbonyl (C=O) groups is 1. The van der Waals surface area contributed by atoms with Gasteiger partial charge in [0.1, 0.15) is 5.58 Å². The van der Waals surface area contributed by atoms with Crippen molar-refractivity contribution in [3.05, 3.63) is 71.0 Å². The van der Waals surface area contributed by atoms with E-state index >= 15 is 0 Å². The number of rotatable bonds is 5. The number of carbonyl (C=O) groups excluding carboxylic acids is 1. The molecule has 3 N–H and O–H groups in total. The summed E-state index contributed by atoms with van der Waals surface area (Å²) in [5, 5.41) is 3.99. The van der Waals surface area contributed by atoms with Gasteiger partial charge in [-0.05, 0) is 48.1 Å². The highest BCUT2D eigenvalue weighted by Gasteiger charge is 2.17. The van der Waals surface area contributed by atoms with Gasteiger partial charge in [-0.1, -0.05) is 30.3 Å². The molecule has 4 rings (SSSR count). The highest BCUT2D eigenvalue weighted by molar-refractivity contribution is 5.88. The maximum atomic E-state index is 12.3. The van der Waals surface area contributed by atoms with E-state index in [1.165, 1.54) is 17.5 Å². The molecule has 0 radical (unpaired) electrons. The highest BCUT2D eigenvalue weighted by Crippen LogP contribution is 2.30. The Morgan fingerprint density at radius 2 is 1.92 bits per heavy atom. The Balaban J connectivity index is 1.42. The Labute approximate surface area is 147 Å². The number of furan rings is 1. The molecule has 0 saturated carbocycles. The van der Waals surface area contributed by atoms with Crippen molar-refractivity contribution in [1.29, 1.82) is 0 Å². The Bertz CT molecular complexity index is 899. The first kappa shape index (κ1) is 15.9. The van der Waals surface area contributed by atoms with E-state index in [-0.39, 0.29) is 11.9 Å². The molecule has 1 unspecified atom stereocenters. The van der Waals surface area contributed by atoms with Gasteiger partial charge in [0.15, 0.2) is 0 Å². The molecule has 128 valence electrons. The van der Waals surface area contributed by atoms with Crippen molar-refractivity contribution in [2.75, 3.05) is 6.54 Å². The highest BCUT2D eigenvalue weighted by atomic mass is 16.3. The summed E-state index contributed by atoms with van der Waals surface area (Å²) >= 11 is 0. The van der Waals surface area contributed by atoms with E-state index in [4.69, 9.17) is 10.2 Å². The monoisotopic (exact) mass is 334 g/mol. The van der Waals surface area contributed by atoms with Gasteiger partial charge in [0.25, 0.3) is 0 Å². The smallest absolute Gasteiger partial charge is 0.224 e. The Kier molecular flexibility index (Phi) is 4.28. The molecule has 25 heavy (non-hydrogen) atoms. The number of hydrogen-bond acceptors (Lipinski definition) is 3. The number of nitrogens with one attached hydrogen (secondary N) is 1. The first-order valence-corrected chi connectivity index (χ1v) is 8.80. The van der Waals surface area contributed by atoms with Crippen LogP contribution in [0.15, 0.2) is 53.1 Å². The van der Waals surface area contributed by atoms with Crippen LogP contribution in [0.3, 0.4) is 0 Å². The molecule has 0 fully saturated rings. The quantitative estimate of drug-likeness (QED) is 0.752. The summed E-state index contributed by atoms with van der Waals surface area (Å²) in [6.45, 7) is 0.425. The van der Waals surface area contributed by atoms with Crippen molar-refractivity contribution in [1.82, 2.24) is 5.32 Å². The number of hydrogen-bond donors (Lipinski definition) is 2. The van der Waals surface area contributed by atoms with Crippen LogP contribution in [0.1, 0.15) is 34.7 Å². The normalized spacial score (nSPS) is 14.4. The maximum absolute atomic E-state index is 12.3. The Morgan fingerprint density at radius 3 is 2.72 bits per heavy atom. The fraction of sp³-hybridized carbons (Fsp3) is 0.286. The van der Waals surface area contributed by atoms with E-state index in [9.17, 15) is 4.79 Å². The van der Waals surface area contributed by atoms with Crippen LogP contribution in [-0.4, -0.2) is 12.5 Å². The lowest BCUT2D eigenvalue weighted by Gasteiger charge is -2.13. The summed E-state index contributed by atoms with van der Waals surface area (Å²) in [4.78, 5) is 12.3. The van der Waals surface area contributed by atoms with Crippen LogP contribution in [-0.2, 0) is 24.1 Å². The molecule has 0 spiro atoms. The molecule has 2 aromatic carbocycles. The largest absolute Gasteiger partial charge is 0.464 e. The lowest BCUT2D eigenvalue weighted by molar-refractivity contribution is -0.120. The molecule has 0 bridgehead atoms. The number of aryl methyl sites for hydroxylation is 2. The third-order valence-corrected chi connectivity index (χ3v) is 4.97. The van der Waals surface area contributed by atoms with Crippen LogP contribution in [0.5, 0.6) is 0 Å². The number of nitrogens with two attached hydrogens (primary N) is 1. The minimum atomic E-state index is -0.200. The van der Waals surface area contributed by atoms with Gasteiger partial charge in [-0.3, -0.25) is 4.79 Å². The summed E-state index contributed by atoms with van der Waals surface area (Å²) < 4.78 is 5.67. The van der Waals surface area contributed by atoms with Gasteiger partial charge in [0.2, 0.25) is 5.91 Å².